The number of guanidine groups is 1. The number of hydrogen-bond donors (Lipinski definition) is 3. The number of benzene rings is 1. The summed E-state index contributed by atoms with van der Waals surface area (Å²) in [6.45, 7) is 3.95. The van der Waals surface area contributed by atoms with Crippen LogP contribution >= 0.6 is 0 Å². The summed E-state index contributed by atoms with van der Waals surface area (Å²) in [5.41, 5.74) is 8.71. The molecule has 1 aliphatic rings. The Hall–Kier alpha value is -2.04. The van der Waals surface area contributed by atoms with Crippen LogP contribution in [0.4, 0.5) is 10.5 Å². The molecular weight excluding hydrogens is 264 g/mol. The van der Waals surface area contributed by atoms with E-state index in [2.05, 4.69) is 15.6 Å². The summed E-state index contributed by atoms with van der Waals surface area (Å²) < 4.78 is 0. The summed E-state index contributed by atoms with van der Waals surface area (Å²) in [6, 6.07) is 5.91. The van der Waals surface area contributed by atoms with Crippen LogP contribution in [0.5, 0.6) is 0 Å². The minimum Gasteiger partial charge on any atom is -0.369 e. The molecule has 0 unspecified atom stereocenters. The number of para-hydroxylation sites is 1. The highest BCUT2D eigenvalue weighted by Gasteiger charge is 2.15. The zero-order valence-corrected chi connectivity index (χ0v) is 12.8. The van der Waals surface area contributed by atoms with Crippen LogP contribution in [0.25, 0.3) is 0 Å². The zero-order chi connectivity index (χ0) is 15.2. The van der Waals surface area contributed by atoms with Gasteiger partial charge in [-0.05, 0) is 37.8 Å². The fraction of sp³-hybridized carbons (Fsp3) is 0.500. The van der Waals surface area contributed by atoms with E-state index in [0.29, 0.717) is 0 Å². The van der Waals surface area contributed by atoms with Gasteiger partial charge in [-0.25, -0.2) is 9.79 Å². The number of aliphatic imine (C=N–C) groups is 1. The molecule has 1 aromatic carbocycles. The molecule has 0 aliphatic heterocycles. The van der Waals surface area contributed by atoms with Gasteiger partial charge in [-0.2, -0.15) is 0 Å². The van der Waals surface area contributed by atoms with Crippen LogP contribution < -0.4 is 16.4 Å². The fourth-order valence-corrected chi connectivity index (χ4v) is 2.72. The van der Waals surface area contributed by atoms with Crippen molar-refractivity contribution in [3.8, 4) is 0 Å². The number of nitrogens with zero attached hydrogens (tertiary/aromatic N) is 1. The Morgan fingerprint density at radius 2 is 1.81 bits per heavy atom. The zero-order valence-electron chi connectivity index (χ0n) is 12.8. The van der Waals surface area contributed by atoms with Gasteiger partial charge in [-0.15, -0.1) is 0 Å². The molecule has 5 nitrogen and oxygen atoms in total. The molecule has 1 saturated carbocycles. The lowest BCUT2D eigenvalue weighted by atomic mass is 9.96. The lowest BCUT2D eigenvalue weighted by Gasteiger charge is -2.22. The molecule has 1 aliphatic carbocycles. The van der Waals surface area contributed by atoms with Crippen LogP contribution in [0.2, 0.25) is 0 Å². The molecule has 114 valence electrons. The van der Waals surface area contributed by atoms with Gasteiger partial charge in [0.15, 0.2) is 0 Å². The van der Waals surface area contributed by atoms with Crippen molar-refractivity contribution in [3.05, 3.63) is 29.3 Å². The Kier molecular flexibility index (Phi) is 5.20. The van der Waals surface area contributed by atoms with Crippen LogP contribution in [-0.2, 0) is 0 Å². The van der Waals surface area contributed by atoms with Gasteiger partial charge in [0.25, 0.3) is 0 Å². The Morgan fingerprint density at radius 1 is 1.19 bits per heavy atom. The molecule has 1 aromatic rings. The third kappa shape index (κ3) is 4.48. The summed E-state index contributed by atoms with van der Waals surface area (Å²) in [6.07, 6.45) is 5.70. The highest BCUT2D eigenvalue weighted by atomic mass is 16.2. The van der Waals surface area contributed by atoms with Crippen molar-refractivity contribution < 1.29 is 4.79 Å². The SMILES string of the molecule is Cc1cccc(C)c1N=C(N)NC(=O)NC1CCCCC1. The van der Waals surface area contributed by atoms with E-state index in [9.17, 15) is 4.79 Å². The minimum atomic E-state index is -0.269. The molecule has 0 heterocycles. The maximum absolute atomic E-state index is 11.9. The first kappa shape index (κ1) is 15.4. The monoisotopic (exact) mass is 288 g/mol. The first-order valence-corrected chi connectivity index (χ1v) is 7.54. The highest BCUT2D eigenvalue weighted by Crippen LogP contribution is 2.22. The second-order valence-corrected chi connectivity index (χ2v) is 5.67. The summed E-state index contributed by atoms with van der Waals surface area (Å²) in [5, 5.41) is 5.56. The topological polar surface area (TPSA) is 79.5 Å². The third-order valence-electron chi connectivity index (χ3n) is 3.85. The molecule has 0 spiro atoms. The molecule has 0 aromatic heterocycles. The number of hydrogen-bond acceptors (Lipinski definition) is 2. The highest BCUT2D eigenvalue weighted by molar-refractivity contribution is 5.96. The quantitative estimate of drug-likeness (QED) is 0.578. The molecule has 0 saturated heterocycles. The standard InChI is InChI=1S/C16H24N4O/c1-11-7-6-8-12(2)14(11)19-15(17)20-16(21)18-13-9-4-3-5-10-13/h6-8,13H,3-5,9-10H2,1-2H3,(H4,17,18,19,20,21). The number of carbonyl (C=O) groups excluding carboxylic acids is 1. The van der Waals surface area contributed by atoms with Crippen LogP contribution in [0, 0.1) is 13.8 Å². The van der Waals surface area contributed by atoms with E-state index in [0.717, 1.165) is 29.7 Å². The molecule has 2 amide bonds. The second-order valence-electron chi connectivity index (χ2n) is 5.67. The molecule has 21 heavy (non-hydrogen) atoms. The van der Waals surface area contributed by atoms with Crippen molar-refractivity contribution in [3.63, 3.8) is 0 Å². The molecule has 0 atom stereocenters. The van der Waals surface area contributed by atoms with E-state index >= 15 is 0 Å². The number of amides is 2. The summed E-state index contributed by atoms with van der Waals surface area (Å²) in [5.74, 6) is 0.126. The van der Waals surface area contributed by atoms with Crippen molar-refractivity contribution >= 4 is 17.7 Å². The van der Waals surface area contributed by atoms with Gasteiger partial charge < -0.3 is 11.1 Å². The molecule has 0 bridgehead atoms. The second kappa shape index (κ2) is 7.11. The Labute approximate surface area is 126 Å². The number of urea groups is 1. The van der Waals surface area contributed by atoms with Crippen molar-refractivity contribution in [1.82, 2.24) is 10.6 Å². The van der Waals surface area contributed by atoms with Crippen molar-refractivity contribution in [2.75, 3.05) is 0 Å². The number of nitrogens with two attached hydrogens (primary N) is 1. The predicted molar refractivity (Wildman–Crippen MR) is 85.7 cm³/mol. The molecule has 0 radical (unpaired) electrons. The van der Waals surface area contributed by atoms with Gasteiger partial charge in [0.1, 0.15) is 0 Å². The van der Waals surface area contributed by atoms with E-state index < -0.39 is 0 Å². The first-order valence-electron chi connectivity index (χ1n) is 7.54. The lowest BCUT2D eigenvalue weighted by molar-refractivity contribution is 0.237. The van der Waals surface area contributed by atoms with Crippen LogP contribution in [0.15, 0.2) is 23.2 Å². The van der Waals surface area contributed by atoms with E-state index in [1.165, 1.54) is 19.3 Å². The van der Waals surface area contributed by atoms with Crippen LogP contribution in [0.1, 0.15) is 43.2 Å². The number of carbonyl (C=O) groups is 1. The maximum Gasteiger partial charge on any atom is 0.321 e. The smallest absolute Gasteiger partial charge is 0.321 e. The van der Waals surface area contributed by atoms with Crippen molar-refractivity contribution in [2.45, 2.75) is 52.0 Å². The Balaban J connectivity index is 1.95. The third-order valence-corrected chi connectivity index (χ3v) is 3.85. The van der Waals surface area contributed by atoms with E-state index in [1.54, 1.807) is 0 Å². The summed E-state index contributed by atoms with van der Waals surface area (Å²) >= 11 is 0. The molecule has 1 fully saturated rings. The van der Waals surface area contributed by atoms with Crippen molar-refractivity contribution in [1.29, 1.82) is 0 Å². The predicted octanol–water partition coefficient (Wildman–Crippen LogP) is 2.88. The molecule has 2 rings (SSSR count). The van der Waals surface area contributed by atoms with Gasteiger partial charge in [-0.3, -0.25) is 5.32 Å². The number of rotatable bonds is 2. The largest absolute Gasteiger partial charge is 0.369 e. The maximum atomic E-state index is 11.9. The van der Waals surface area contributed by atoms with E-state index in [1.807, 2.05) is 32.0 Å². The van der Waals surface area contributed by atoms with Crippen LogP contribution in [0.3, 0.4) is 0 Å². The van der Waals surface area contributed by atoms with Gasteiger partial charge in [0.05, 0.1) is 5.69 Å². The number of nitrogens with one attached hydrogen (secondary N) is 2. The average molecular weight is 288 g/mol. The molecule has 4 N–H and O–H groups in total. The molecule has 5 heteroatoms. The Bertz CT molecular complexity index is 513. The lowest BCUT2D eigenvalue weighted by Crippen LogP contribution is -2.47. The van der Waals surface area contributed by atoms with Crippen LogP contribution in [-0.4, -0.2) is 18.0 Å². The minimum absolute atomic E-state index is 0.126. The average Bonchev–Trinajstić information content (AvgIpc) is 2.44. The van der Waals surface area contributed by atoms with Crippen molar-refractivity contribution in [2.24, 2.45) is 10.7 Å². The first-order chi connectivity index (χ1) is 10.1. The Morgan fingerprint density at radius 3 is 2.43 bits per heavy atom. The van der Waals surface area contributed by atoms with E-state index in [4.69, 9.17) is 5.73 Å². The van der Waals surface area contributed by atoms with Gasteiger partial charge in [0, 0.05) is 6.04 Å². The van der Waals surface area contributed by atoms with E-state index in [-0.39, 0.29) is 18.0 Å². The fourth-order valence-electron chi connectivity index (χ4n) is 2.72. The van der Waals surface area contributed by atoms with Gasteiger partial charge >= 0.3 is 6.03 Å². The van der Waals surface area contributed by atoms with Gasteiger partial charge in [-0.1, -0.05) is 37.5 Å². The van der Waals surface area contributed by atoms with Gasteiger partial charge in [0.2, 0.25) is 5.96 Å². The summed E-state index contributed by atoms with van der Waals surface area (Å²) in [7, 11) is 0. The normalized spacial score (nSPS) is 16.6. The number of aryl methyl sites for hydroxylation is 2. The molecular formula is C16H24N4O. The summed E-state index contributed by atoms with van der Waals surface area (Å²) in [4.78, 5) is 16.2.